The number of urea groups is 1. The molecule has 1 aromatic heterocycles. The molecule has 0 saturated carbocycles. The van der Waals surface area contributed by atoms with Gasteiger partial charge < -0.3 is 24.8 Å². The molecular formula is C25H36N6O3. The Balaban J connectivity index is 1.57. The van der Waals surface area contributed by atoms with Gasteiger partial charge in [-0.1, -0.05) is 19.1 Å². The van der Waals surface area contributed by atoms with E-state index in [4.69, 9.17) is 4.74 Å². The highest BCUT2D eigenvalue weighted by atomic mass is 16.5. The molecule has 0 unspecified atom stereocenters. The molecule has 1 aromatic carbocycles. The second-order valence-corrected chi connectivity index (χ2v) is 8.87. The predicted molar refractivity (Wildman–Crippen MR) is 133 cm³/mol. The number of hydrogen-bond donors (Lipinski definition) is 1. The number of rotatable bonds is 8. The van der Waals surface area contributed by atoms with E-state index in [9.17, 15) is 9.59 Å². The van der Waals surface area contributed by atoms with E-state index < -0.39 is 0 Å². The van der Waals surface area contributed by atoms with Crippen LogP contribution in [0, 0.1) is 0 Å². The number of carbonyl (C=O) groups excluding carboxylic acids is 2. The van der Waals surface area contributed by atoms with Gasteiger partial charge in [0.2, 0.25) is 5.91 Å². The van der Waals surface area contributed by atoms with Crippen molar-refractivity contribution in [3.05, 3.63) is 36.4 Å². The second-order valence-electron chi connectivity index (χ2n) is 8.87. The zero-order chi connectivity index (χ0) is 24.7. The molecule has 2 aromatic rings. The van der Waals surface area contributed by atoms with Crippen molar-refractivity contribution in [1.29, 1.82) is 0 Å². The van der Waals surface area contributed by atoms with Crippen LogP contribution in [-0.2, 0) is 4.79 Å². The van der Waals surface area contributed by atoms with Crippen LogP contribution in [0.25, 0.3) is 11.3 Å². The highest BCUT2D eigenvalue weighted by molar-refractivity contribution is 5.84. The third-order valence-corrected chi connectivity index (χ3v) is 6.07. The number of piperazine rings is 1. The fourth-order valence-electron chi connectivity index (χ4n) is 3.84. The van der Waals surface area contributed by atoms with Crippen molar-refractivity contribution in [1.82, 2.24) is 25.3 Å². The number of ether oxygens (including phenoxy) is 1. The monoisotopic (exact) mass is 468 g/mol. The number of aromatic nitrogens is 2. The van der Waals surface area contributed by atoms with Crippen LogP contribution in [0.15, 0.2) is 36.4 Å². The van der Waals surface area contributed by atoms with Gasteiger partial charge in [-0.2, -0.15) is 0 Å². The topological polar surface area (TPSA) is 90.9 Å². The van der Waals surface area contributed by atoms with Crippen molar-refractivity contribution in [3.8, 4) is 17.0 Å². The molecule has 0 spiro atoms. The van der Waals surface area contributed by atoms with Gasteiger partial charge in [0.25, 0.3) is 0 Å². The van der Waals surface area contributed by atoms with Crippen LogP contribution >= 0.6 is 0 Å². The van der Waals surface area contributed by atoms with Gasteiger partial charge in [-0.15, -0.1) is 10.2 Å². The molecule has 3 rings (SSSR count). The van der Waals surface area contributed by atoms with Crippen LogP contribution in [0.5, 0.6) is 5.75 Å². The third-order valence-electron chi connectivity index (χ3n) is 6.07. The van der Waals surface area contributed by atoms with E-state index >= 15 is 0 Å². The van der Waals surface area contributed by atoms with Crippen molar-refractivity contribution in [2.45, 2.75) is 46.2 Å². The summed E-state index contributed by atoms with van der Waals surface area (Å²) < 4.78 is 5.28. The number of anilines is 1. The van der Waals surface area contributed by atoms with Gasteiger partial charge in [0, 0.05) is 43.8 Å². The number of benzene rings is 1. The largest absolute Gasteiger partial charge is 0.497 e. The maximum absolute atomic E-state index is 13.0. The fraction of sp³-hybridized carbons (Fsp3) is 0.520. The normalized spacial score (nSPS) is 14.6. The smallest absolute Gasteiger partial charge is 0.318 e. The molecule has 1 N–H and O–H groups in total. The maximum atomic E-state index is 13.0. The first-order valence-electron chi connectivity index (χ1n) is 11.9. The van der Waals surface area contributed by atoms with Gasteiger partial charge in [0.1, 0.15) is 12.3 Å². The Hall–Kier alpha value is -3.36. The van der Waals surface area contributed by atoms with Crippen molar-refractivity contribution in [2.24, 2.45) is 0 Å². The van der Waals surface area contributed by atoms with E-state index in [2.05, 4.69) is 20.4 Å². The fourth-order valence-corrected chi connectivity index (χ4v) is 3.84. The first-order valence-corrected chi connectivity index (χ1v) is 11.9. The summed E-state index contributed by atoms with van der Waals surface area (Å²) >= 11 is 0. The average molecular weight is 469 g/mol. The highest BCUT2D eigenvalue weighted by Crippen LogP contribution is 2.23. The Bertz CT molecular complexity index is 957. The lowest BCUT2D eigenvalue weighted by atomic mass is 10.1. The molecule has 34 heavy (non-hydrogen) atoms. The first kappa shape index (κ1) is 25.3. The number of hydrogen-bond acceptors (Lipinski definition) is 6. The highest BCUT2D eigenvalue weighted by Gasteiger charge is 2.27. The van der Waals surface area contributed by atoms with Crippen LogP contribution < -0.4 is 15.0 Å². The van der Waals surface area contributed by atoms with Gasteiger partial charge in [0.05, 0.1) is 12.8 Å². The van der Waals surface area contributed by atoms with E-state index in [0.717, 1.165) is 29.2 Å². The number of carbonyl (C=O) groups is 2. The van der Waals surface area contributed by atoms with Gasteiger partial charge in [-0.25, -0.2) is 4.79 Å². The van der Waals surface area contributed by atoms with E-state index in [1.165, 1.54) is 0 Å². The molecule has 3 amide bonds. The molecule has 0 radical (unpaired) electrons. The van der Waals surface area contributed by atoms with Crippen molar-refractivity contribution >= 4 is 17.8 Å². The predicted octanol–water partition coefficient (Wildman–Crippen LogP) is 3.02. The van der Waals surface area contributed by atoms with E-state index in [-0.39, 0.29) is 30.6 Å². The zero-order valence-electron chi connectivity index (χ0n) is 20.8. The molecule has 1 aliphatic heterocycles. The Morgan fingerprint density at radius 3 is 2.41 bits per heavy atom. The summed E-state index contributed by atoms with van der Waals surface area (Å²) in [5.41, 5.74) is 1.72. The molecule has 9 heteroatoms. The molecule has 2 heterocycles. The molecule has 0 aliphatic carbocycles. The lowest BCUT2D eigenvalue weighted by Crippen LogP contribution is -2.55. The minimum Gasteiger partial charge on any atom is -0.497 e. The number of methoxy groups -OCH3 is 1. The van der Waals surface area contributed by atoms with Gasteiger partial charge >= 0.3 is 6.03 Å². The molecule has 1 fully saturated rings. The average Bonchev–Trinajstić information content (AvgIpc) is 2.86. The van der Waals surface area contributed by atoms with Gasteiger partial charge in [-0.3, -0.25) is 4.79 Å². The summed E-state index contributed by atoms with van der Waals surface area (Å²) in [6, 6.07) is 11.4. The van der Waals surface area contributed by atoms with Crippen molar-refractivity contribution in [2.75, 3.05) is 44.7 Å². The van der Waals surface area contributed by atoms with E-state index in [1.807, 2.05) is 69.0 Å². The molecule has 1 atom stereocenters. The lowest BCUT2D eigenvalue weighted by molar-refractivity contribution is -0.132. The van der Waals surface area contributed by atoms with Crippen LogP contribution in [0.3, 0.4) is 0 Å². The Kier molecular flexibility index (Phi) is 8.67. The maximum Gasteiger partial charge on any atom is 0.318 e. The SMILES string of the molecule is CC[C@H](C)N(CC(=O)N1CCN(c2ccc(-c3cccc(OC)c3)nn2)CC1)C(=O)NC(C)C. The number of amides is 3. The van der Waals surface area contributed by atoms with Crippen molar-refractivity contribution < 1.29 is 14.3 Å². The Labute approximate surface area is 202 Å². The third kappa shape index (κ3) is 6.36. The van der Waals surface area contributed by atoms with Crippen LogP contribution in [-0.4, -0.2) is 83.9 Å². The van der Waals surface area contributed by atoms with E-state index in [0.29, 0.717) is 26.2 Å². The molecule has 184 valence electrons. The summed E-state index contributed by atoms with van der Waals surface area (Å²) in [5.74, 6) is 1.53. The summed E-state index contributed by atoms with van der Waals surface area (Å²) in [6.45, 7) is 10.4. The summed E-state index contributed by atoms with van der Waals surface area (Å²) in [7, 11) is 1.64. The minimum atomic E-state index is -0.192. The molecular weight excluding hydrogens is 432 g/mol. The summed E-state index contributed by atoms with van der Waals surface area (Å²) in [6.07, 6.45) is 0.789. The summed E-state index contributed by atoms with van der Waals surface area (Å²) in [4.78, 5) is 31.1. The van der Waals surface area contributed by atoms with Crippen molar-refractivity contribution in [3.63, 3.8) is 0 Å². The van der Waals surface area contributed by atoms with Crippen LogP contribution in [0.4, 0.5) is 10.6 Å². The number of nitrogens with one attached hydrogen (secondary N) is 1. The Morgan fingerprint density at radius 2 is 1.82 bits per heavy atom. The van der Waals surface area contributed by atoms with Crippen LogP contribution in [0.2, 0.25) is 0 Å². The van der Waals surface area contributed by atoms with Crippen LogP contribution in [0.1, 0.15) is 34.1 Å². The van der Waals surface area contributed by atoms with E-state index in [1.54, 1.807) is 12.0 Å². The number of nitrogens with zero attached hydrogens (tertiary/aromatic N) is 5. The molecule has 9 nitrogen and oxygen atoms in total. The quantitative estimate of drug-likeness (QED) is 0.641. The zero-order valence-corrected chi connectivity index (χ0v) is 20.8. The second kappa shape index (κ2) is 11.7. The minimum absolute atomic E-state index is 0.0117. The van der Waals surface area contributed by atoms with Gasteiger partial charge in [0.15, 0.2) is 5.82 Å². The molecule has 1 aliphatic rings. The van der Waals surface area contributed by atoms with Gasteiger partial charge in [-0.05, 0) is 51.5 Å². The molecule has 0 bridgehead atoms. The summed E-state index contributed by atoms with van der Waals surface area (Å²) in [5, 5.41) is 11.7. The molecule has 1 saturated heterocycles. The lowest BCUT2D eigenvalue weighted by Gasteiger charge is -2.37. The first-order chi connectivity index (χ1) is 16.3. The Morgan fingerprint density at radius 1 is 1.09 bits per heavy atom. The standard InChI is InChI=1S/C25H36N6O3/c1-6-19(4)31(25(33)26-18(2)3)17-24(32)30-14-12-29(13-15-30)23-11-10-22(27-28-23)20-8-7-9-21(16-20)34-5/h7-11,16,18-19H,6,12-15,17H2,1-5H3,(H,26,33)/t19-/m0/s1.